The summed E-state index contributed by atoms with van der Waals surface area (Å²) in [6.45, 7) is 6.75. The average Bonchev–Trinajstić information content (AvgIpc) is 2.68. The van der Waals surface area contributed by atoms with E-state index in [0.717, 1.165) is 31.2 Å². The van der Waals surface area contributed by atoms with Gasteiger partial charge in [0.05, 0.1) is 12.6 Å². The Morgan fingerprint density at radius 2 is 1.93 bits per heavy atom. The quantitative estimate of drug-likeness (QED) is 0.654. The second kappa shape index (κ2) is 10.3. The van der Waals surface area contributed by atoms with Gasteiger partial charge >= 0.3 is 0 Å². The molecule has 0 saturated heterocycles. The van der Waals surface area contributed by atoms with Crippen molar-refractivity contribution < 1.29 is 14.7 Å². The van der Waals surface area contributed by atoms with E-state index in [1.165, 1.54) is 0 Å². The molecule has 1 aliphatic rings. The highest BCUT2D eigenvalue weighted by atomic mass is 16.3. The lowest BCUT2D eigenvalue weighted by Crippen LogP contribution is -2.50. The maximum atomic E-state index is 13.0. The van der Waals surface area contributed by atoms with Crippen LogP contribution in [-0.4, -0.2) is 41.0 Å². The lowest BCUT2D eigenvalue weighted by molar-refractivity contribution is -0.134. The van der Waals surface area contributed by atoms with Gasteiger partial charge in [-0.05, 0) is 24.3 Å². The number of carbonyl (C=O) groups excluding carboxylic acids is 2. The van der Waals surface area contributed by atoms with Gasteiger partial charge in [-0.1, -0.05) is 70.0 Å². The first-order valence-electron chi connectivity index (χ1n) is 10.0. The molecule has 2 unspecified atom stereocenters. The van der Waals surface area contributed by atoms with Gasteiger partial charge in [-0.2, -0.15) is 0 Å². The third-order valence-corrected chi connectivity index (χ3v) is 5.20. The van der Waals surface area contributed by atoms with Crippen LogP contribution in [0.2, 0.25) is 0 Å². The van der Waals surface area contributed by atoms with Crippen LogP contribution in [0.1, 0.15) is 58.1 Å². The van der Waals surface area contributed by atoms with Gasteiger partial charge in [0.2, 0.25) is 0 Å². The van der Waals surface area contributed by atoms with Crippen molar-refractivity contribution in [3.05, 3.63) is 47.5 Å². The molecule has 3 atom stereocenters. The van der Waals surface area contributed by atoms with Crippen LogP contribution < -0.4 is 5.32 Å². The van der Waals surface area contributed by atoms with Gasteiger partial charge in [0.15, 0.2) is 0 Å². The van der Waals surface area contributed by atoms with Gasteiger partial charge in [-0.15, -0.1) is 0 Å². The number of hydrogen-bond acceptors (Lipinski definition) is 3. The Morgan fingerprint density at radius 1 is 1.22 bits per heavy atom. The number of nitrogens with one attached hydrogen (secondary N) is 1. The Bertz CT molecular complexity index is 657. The first-order valence-corrected chi connectivity index (χ1v) is 10.0. The molecule has 1 heterocycles. The molecule has 0 fully saturated rings. The number of hydrogen-bond donors (Lipinski definition) is 2. The van der Waals surface area contributed by atoms with E-state index in [2.05, 4.69) is 26.1 Å². The number of amides is 2. The zero-order valence-electron chi connectivity index (χ0n) is 16.6. The van der Waals surface area contributed by atoms with E-state index in [-0.39, 0.29) is 30.0 Å². The maximum Gasteiger partial charge on any atom is 0.259 e. The number of carbonyl (C=O) groups is 2. The molecular weight excluding hydrogens is 340 g/mol. The highest BCUT2D eigenvalue weighted by Crippen LogP contribution is 2.27. The normalized spacial score (nSPS) is 21.0. The monoisotopic (exact) mass is 372 g/mol. The van der Waals surface area contributed by atoms with E-state index in [4.69, 9.17) is 0 Å². The summed E-state index contributed by atoms with van der Waals surface area (Å²) in [7, 11) is 0. The minimum Gasteiger partial charge on any atom is -0.394 e. The van der Waals surface area contributed by atoms with Crippen molar-refractivity contribution in [2.45, 2.75) is 58.5 Å². The summed E-state index contributed by atoms with van der Waals surface area (Å²) < 4.78 is 0. The van der Waals surface area contributed by atoms with Crippen LogP contribution in [0, 0.1) is 5.92 Å². The number of rotatable bonds is 9. The fourth-order valence-electron chi connectivity index (χ4n) is 3.67. The van der Waals surface area contributed by atoms with Gasteiger partial charge in [-0.3, -0.25) is 9.59 Å². The molecule has 0 saturated carbocycles. The molecule has 2 rings (SSSR count). The SMILES string of the molecule is CCCCN1C(=O)C(C(=O)N[C@H](CO)c2ccccc2)=CC(C)C1CCC. The molecule has 2 N–H and O–H groups in total. The molecule has 5 nitrogen and oxygen atoms in total. The van der Waals surface area contributed by atoms with Crippen LogP contribution >= 0.6 is 0 Å². The van der Waals surface area contributed by atoms with Crippen LogP contribution in [0.4, 0.5) is 0 Å². The van der Waals surface area contributed by atoms with Gasteiger partial charge in [0.1, 0.15) is 5.57 Å². The summed E-state index contributed by atoms with van der Waals surface area (Å²) in [5.74, 6) is -0.474. The molecule has 5 heteroatoms. The van der Waals surface area contributed by atoms with Gasteiger partial charge in [-0.25, -0.2) is 0 Å². The Kier molecular flexibility index (Phi) is 8.04. The summed E-state index contributed by atoms with van der Waals surface area (Å²) in [4.78, 5) is 27.8. The predicted octanol–water partition coefficient (Wildman–Crippen LogP) is 3.21. The summed E-state index contributed by atoms with van der Waals surface area (Å²) in [6.07, 6.45) is 5.67. The van der Waals surface area contributed by atoms with E-state index >= 15 is 0 Å². The van der Waals surface area contributed by atoms with Crippen LogP contribution in [0.3, 0.4) is 0 Å². The zero-order chi connectivity index (χ0) is 19.8. The lowest BCUT2D eigenvalue weighted by atomic mass is 9.88. The molecule has 27 heavy (non-hydrogen) atoms. The fourth-order valence-corrected chi connectivity index (χ4v) is 3.67. The number of nitrogens with zero attached hydrogens (tertiary/aromatic N) is 1. The van der Waals surface area contributed by atoms with Crippen molar-refractivity contribution in [3.63, 3.8) is 0 Å². The third-order valence-electron chi connectivity index (χ3n) is 5.20. The molecule has 1 aromatic rings. The van der Waals surface area contributed by atoms with Crippen molar-refractivity contribution in [1.82, 2.24) is 10.2 Å². The zero-order valence-corrected chi connectivity index (χ0v) is 16.6. The minimum atomic E-state index is -0.528. The van der Waals surface area contributed by atoms with Crippen molar-refractivity contribution in [1.29, 1.82) is 0 Å². The summed E-state index contributed by atoms with van der Waals surface area (Å²) >= 11 is 0. The molecule has 0 radical (unpaired) electrons. The number of unbranched alkanes of at least 4 members (excludes halogenated alkanes) is 1. The number of benzene rings is 1. The molecule has 1 aliphatic heterocycles. The van der Waals surface area contributed by atoms with E-state index in [9.17, 15) is 14.7 Å². The Morgan fingerprint density at radius 3 is 2.52 bits per heavy atom. The topological polar surface area (TPSA) is 69.6 Å². The van der Waals surface area contributed by atoms with Crippen molar-refractivity contribution in [2.75, 3.05) is 13.2 Å². The van der Waals surface area contributed by atoms with E-state index < -0.39 is 11.9 Å². The van der Waals surface area contributed by atoms with Crippen LogP contribution in [0.5, 0.6) is 0 Å². The van der Waals surface area contributed by atoms with Gasteiger partial charge < -0.3 is 15.3 Å². The number of aliphatic hydroxyl groups excluding tert-OH is 1. The van der Waals surface area contributed by atoms with Crippen LogP contribution in [-0.2, 0) is 9.59 Å². The molecular formula is C22H32N2O3. The highest BCUT2D eigenvalue weighted by molar-refractivity contribution is 6.19. The largest absolute Gasteiger partial charge is 0.394 e. The summed E-state index contributed by atoms with van der Waals surface area (Å²) in [5.41, 5.74) is 1.01. The standard InChI is InChI=1S/C22H32N2O3/c1-4-6-13-24-20(10-5-2)16(3)14-18(22(24)27)21(26)23-19(15-25)17-11-8-7-9-12-17/h7-9,11-12,14,16,19-20,25H,4-6,10,13,15H2,1-3H3,(H,23,26)/t16?,19-,20?/m1/s1. The average molecular weight is 373 g/mol. The maximum absolute atomic E-state index is 13.0. The molecule has 2 amide bonds. The van der Waals surface area contributed by atoms with Crippen molar-refractivity contribution in [2.24, 2.45) is 5.92 Å². The van der Waals surface area contributed by atoms with E-state index in [1.807, 2.05) is 35.2 Å². The second-order valence-corrected chi connectivity index (χ2v) is 7.27. The van der Waals surface area contributed by atoms with E-state index in [0.29, 0.717) is 6.54 Å². The first kappa shape index (κ1) is 21.2. The number of aliphatic hydroxyl groups is 1. The van der Waals surface area contributed by atoms with Crippen molar-refractivity contribution >= 4 is 11.8 Å². The van der Waals surface area contributed by atoms with Gasteiger partial charge in [0.25, 0.3) is 11.8 Å². The van der Waals surface area contributed by atoms with Gasteiger partial charge in [0, 0.05) is 12.6 Å². The van der Waals surface area contributed by atoms with Crippen LogP contribution in [0.15, 0.2) is 42.0 Å². The highest BCUT2D eigenvalue weighted by Gasteiger charge is 2.36. The lowest BCUT2D eigenvalue weighted by Gasteiger charge is -2.39. The Labute approximate surface area is 162 Å². The molecule has 0 aliphatic carbocycles. The molecule has 1 aromatic carbocycles. The predicted molar refractivity (Wildman–Crippen MR) is 107 cm³/mol. The van der Waals surface area contributed by atoms with E-state index in [1.54, 1.807) is 6.08 Å². The molecule has 0 aromatic heterocycles. The molecule has 0 spiro atoms. The molecule has 0 bridgehead atoms. The minimum absolute atomic E-state index is 0.129. The fraction of sp³-hybridized carbons (Fsp3) is 0.545. The van der Waals surface area contributed by atoms with Crippen molar-refractivity contribution in [3.8, 4) is 0 Å². The second-order valence-electron chi connectivity index (χ2n) is 7.27. The summed E-state index contributed by atoms with van der Waals surface area (Å²) in [5, 5.41) is 12.5. The Balaban J connectivity index is 2.20. The smallest absolute Gasteiger partial charge is 0.259 e. The first-order chi connectivity index (χ1) is 13.0. The third kappa shape index (κ3) is 5.19. The Hall–Kier alpha value is -2.14. The van der Waals surface area contributed by atoms with Crippen LogP contribution in [0.25, 0.3) is 0 Å². The summed E-state index contributed by atoms with van der Waals surface area (Å²) in [6, 6.07) is 8.93. The molecule has 148 valence electrons.